The van der Waals surface area contributed by atoms with Gasteiger partial charge in [0.05, 0.1) is 5.56 Å². The minimum atomic E-state index is -0.853. The maximum atomic E-state index is 10.9. The van der Waals surface area contributed by atoms with Gasteiger partial charge < -0.3 is 5.11 Å². The molecule has 2 nitrogen and oxygen atoms in total. The zero-order valence-electron chi connectivity index (χ0n) is 6.57. The summed E-state index contributed by atoms with van der Waals surface area (Å²) in [5, 5.41) is 8.95. The van der Waals surface area contributed by atoms with Crippen molar-refractivity contribution in [2.75, 3.05) is 0 Å². The molecule has 0 fully saturated rings. The third-order valence-corrected chi connectivity index (χ3v) is 4.93. The molecule has 1 rings (SSSR count). The standard InChI is InChI=1S/C8H5I3O2/c1-3-4(9)2-5(10)6(7(3)11)8(12)13/h2H,1H3,(H,12,13). The van der Waals surface area contributed by atoms with Crippen molar-refractivity contribution >= 4 is 73.7 Å². The third kappa shape index (κ3) is 2.46. The zero-order chi connectivity index (χ0) is 10.2. The van der Waals surface area contributed by atoms with Crippen molar-refractivity contribution in [3.05, 3.63) is 27.9 Å². The minimum Gasteiger partial charge on any atom is -0.478 e. The second kappa shape index (κ2) is 4.60. The first-order valence-corrected chi connectivity index (χ1v) is 6.56. The molecule has 0 aromatic heterocycles. The summed E-state index contributed by atoms with van der Waals surface area (Å²) in [6.45, 7) is 1.94. The van der Waals surface area contributed by atoms with Gasteiger partial charge in [-0.15, -0.1) is 0 Å². The second-order valence-electron chi connectivity index (χ2n) is 2.46. The van der Waals surface area contributed by atoms with Crippen molar-refractivity contribution in [2.24, 2.45) is 0 Å². The lowest BCUT2D eigenvalue weighted by Crippen LogP contribution is -2.05. The molecular weight excluding hydrogens is 509 g/mol. The SMILES string of the molecule is Cc1c(I)cc(I)c(C(=O)O)c1I. The predicted molar refractivity (Wildman–Crippen MR) is 76.3 cm³/mol. The molecular formula is C8H5I3O2. The molecule has 0 atom stereocenters. The molecule has 0 heterocycles. The number of halogens is 3. The number of hydrogen-bond donors (Lipinski definition) is 1. The van der Waals surface area contributed by atoms with E-state index in [1.807, 2.05) is 13.0 Å². The van der Waals surface area contributed by atoms with Gasteiger partial charge >= 0.3 is 5.97 Å². The van der Waals surface area contributed by atoms with Crippen LogP contribution < -0.4 is 0 Å². The first-order valence-electron chi connectivity index (χ1n) is 3.32. The molecule has 0 saturated carbocycles. The molecule has 0 bridgehead atoms. The summed E-state index contributed by atoms with van der Waals surface area (Å²) in [6, 6.07) is 1.89. The Balaban J connectivity index is 3.53. The van der Waals surface area contributed by atoms with Crippen LogP contribution in [0, 0.1) is 17.6 Å². The molecule has 1 aromatic rings. The van der Waals surface area contributed by atoms with Crippen molar-refractivity contribution in [3.63, 3.8) is 0 Å². The average molecular weight is 514 g/mol. The fourth-order valence-electron chi connectivity index (χ4n) is 0.885. The number of carbonyl (C=O) groups is 1. The molecule has 1 aromatic carbocycles. The summed E-state index contributed by atoms with van der Waals surface area (Å²) >= 11 is 6.35. The summed E-state index contributed by atoms with van der Waals surface area (Å²) in [5.74, 6) is -0.853. The van der Waals surface area contributed by atoms with Crippen molar-refractivity contribution in [3.8, 4) is 0 Å². The van der Waals surface area contributed by atoms with E-state index >= 15 is 0 Å². The van der Waals surface area contributed by atoms with E-state index in [4.69, 9.17) is 5.11 Å². The van der Waals surface area contributed by atoms with E-state index in [1.165, 1.54) is 0 Å². The van der Waals surface area contributed by atoms with Gasteiger partial charge in [0.2, 0.25) is 0 Å². The van der Waals surface area contributed by atoms with E-state index < -0.39 is 5.97 Å². The van der Waals surface area contributed by atoms with E-state index in [0.29, 0.717) is 5.56 Å². The molecule has 0 aliphatic heterocycles. The number of aromatic carboxylic acids is 1. The number of hydrogen-bond acceptors (Lipinski definition) is 1. The highest BCUT2D eigenvalue weighted by Crippen LogP contribution is 2.26. The van der Waals surface area contributed by atoms with E-state index in [0.717, 1.165) is 16.3 Å². The second-order valence-corrected chi connectivity index (χ2v) is 5.86. The summed E-state index contributed by atoms with van der Waals surface area (Å²) in [7, 11) is 0. The van der Waals surface area contributed by atoms with Crippen LogP contribution in [0.3, 0.4) is 0 Å². The Bertz CT molecular complexity index is 374. The molecule has 5 heteroatoms. The lowest BCUT2D eigenvalue weighted by molar-refractivity contribution is 0.0694. The van der Waals surface area contributed by atoms with Crippen LogP contribution >= 0.6 is 67.8 Å². The van der Waals surface area contributed by atoms with E-state index in [9.17, 15) is 4.79 Å². The Morgan fingerprint density at radius 3 is 2.31 bits per heavy atom. The minimum absolute atomic E-state index is 0.416. The van der Waals surface area contributed by atoms with Crippen LogP contribution in [0.25, 0.3) is 0 Å². The van der Waals surface area contributed by atoms with Crippen molar-refractivity contribution in [1.82, 2.24) is 0 Å². The monoisotopic (exact) mass is 514 g/mol. The lowest BCUT2D eigenvalue weighted by atomic mass is 10.1. The first kappa shape index (κ1) is 12.0. The van der Waals surface area contributed by atoms with Crippen molar-refractivity contribution in [2.45, 2.75) is 6.92 Å². The Kier molecular flexibility index (Phi) is 4.23. The lowest BCUT2D eigenvalue weighted by Gasteiger charge is -2.07. The van der Waals surface area contributed by atoms with Crippen LogP contribution in [0.2, 0.25) is 0 Å². The van der Waals surface area contributed by atoms with Crippen LogP contribution in [0.15, 0.2) is 6.07 Å². The van der Waals surface area contributed by atoms with Gasteiger partial charge in [0.15, 0.2) is 0 Å². The molecule has 0 saturated heterocycles. The maximum Gasteiger partial charge on any atom is 0.337 e. The molecule has 13 heavy (non-hydrogen) atoms. The van der Waals surface area contributed by atoms with Gasteiger partial charge in [-0.3, -0.25) is 0 Å². The highest BCUT2D eigenvalue weighted by atomic mass is 127. The van der Waals surface area contributed by atoms with Gasteiger partial charge in [0, 0.05) is 10.7 Å². The Morgan fingerprint density at radius 2 is 1.85 bits per heavy atom. The van der Waals surface area contributed by atoms with Gasteiger partial charge in [0.1, 0.15) is 0 Å². The fourth-order valence-corrected chi connectivity index (χ4v) is 4.72. The van der Waals surface area contributed by atoms with E-state index in [-0.39, 0.29) is 0 Å². The van der Waals surface area contributed by atoms with E-state index in [2.05, 4.69) is 67.8 Å². The molecule has 0 unspecified atom stereocenters. The summed E-state index contributed by atoms with van der Waals surface area (Å²) in [4.78, 5) is 10.9. The molecule has 0 aliphatic carbocycles. The van der Waals surface area contributed by atoms with Crippen molar-refractivity contribution < 1.29 is 9.90 Å². The molecule has 0 aliphatic rings. The van der Waals surface area contributed by atoms with Gasteiger partial charge in [0.25, 0.3) is 0 Å². The Morgan fingerprint density at radius 1 is 1.31 bits per heavy atom. The molecule has 0 amide bonds. The van der Waals surface area contributed by atoms with Crippen LogP contribution in [0.5, 0.6) is 0 Å². The fraction of sp³-hybridized carbons (Fsp3) is 0.125. The third-order valence-electron chi connectivity index (χ3n) is 1.61. The summed E-state index contributed by atoms with van der Waals surface area (Å²) in [5.41, 5.74) is 1.46. The van der Waals surface area contributed by atoms with Crippen LogP contribution in [0.1, 0.15) is 15.9 Å². The van der Waals surface area contributed by atoms with Crippen LogP contribution in [-0.2, 0) is 0 Å². The van der Waals surface area contributed by atoms with Gasteiger partial charge in [-0.1, -0.05) is 0 Å². The number of carboxylic acid groups (broad SMARTS) is 1. The quantitative estimate of drug-likeness (QED) is 0.584. The van der Waals surface area contributed by atoms with Crippen LogP contribution in [-0.4, -0.2) is 11.1 Å². The Hall–Kier alpha value is 0.880. The largest absolute Gasteiger partial charge is 0.478 e. The van der Waals surface area contributed by atoms with Crippen LogP contribution in [0.4, 0.5) is 0 Å². The predicted octanol–water partition coefficient (Wildman–Crippen LogP) is 3.51. The smallest absolute Gasteiger partial charge is 0.337 e. The maximum absolute atomic E-state index is 10.9. The van der Waals surface area contributed by atoms with Gasteiger partial charge in [-0.25, -0.2) is 4.79 Å². The molecule has 0 radical (unpaired) electrons. The van der Waals surface area contributed by atoms with Gasteiger partial charge in [-0.05, 0) is 86.3 Å². The number of rotatable bonds is 1. The molecule has 0 spiro atoms. The molecule has 1 N–H and O–H groups in total. The zero-order valence-corrected chi connectivity index (χ0v) is 13.0. The summed E-state index contributed by atoms with van der Waals surface area (Å²) < 4.78 is 2.74. The molecule has 70 valence electrons. The number of benzene rings is 1. The van der Waals surface area contributed by atoms with Crippen molar-refractivity contribution in [1.29, 1.82) is 0 Å². The first-order chi connectivity index (χ1) is 5.95. The topological polar surface area (TPSA) is 37.3 Å². The highest BCUT2D eigenvalue weighted by molar-refractivity contribution is 14.1. The highest BCUT2D eigenvalue weighted by Gasteiger charge is 2.16. The Labute approximate surface area is 117 Å². The normalized spacial score (nSPS) is 10.2. The van der Waals surface area contributed by atoms with E-state index in [1.54, 1.807) is 0 Å². The average Bonchev–Trinajstić information content (AvgIpc) is 1.99. The number of carboxylic acids is 1. The van der Waals surface area contributed by atoms with Gasteiger partial charge in [-0.2, -0.15) is 0 Å². The summed E-state index contributed by atoms with van der Waals surface area (Å²) in [6.07, 6.45) is 0.